The molecule has 0 saturated heterocycles. The van der Waals surface area contributed by atoms with E-state index in [9.17, 15) is 27.2 Å². The molecule has 1 aromatic carbocycles. The number of benzene rings is 1. The summed E-state index contributed by atoms with van der Waals surface area (Å²) in [6.07, 6.45) is -3.01. The Morgan fingerprint density at radius 2 is 1.76 bits per heavy atom. The molecule has 2 aliphatic rings. The standard InChI is InChI=1S/C24H22Cl2F4N4O3S/c1-11(31)9-32-18(35)10-33-22(36)21-14-5-3-2-4-13(14)20(38-21)17-8-23(37-34-17,24(28,29)30)12-6-15(25)19(27)16(26)7-12/h6-7,31H,2-5,8-10H2,1H3,(H,32,35)(H,33,36). The lowest BCUT2D eigenvalue weighted by Crippen LogP contribution is -2.42. The van der Waals surface area contributed by atoms with Gasteiger partial charge in [0.15, 0.2) is 5.82 Å². The molecule has 2 heterocycles. The third-order valence-corrected chi connectivity index (χ3v) is 8.16. The highest BCUT2D eigenvalue weighted by atomic mass is 35.5. The van der Waals surface area contributed by atoms with E-state index < -0.39 is 51.4 Å². The number of fused-ring (bicyclic) bond motifs is 1. The maximum Gasteiger partial charge on any atom is 0.435 e. The van der Waals surface area contributed by atoms with Gasteiger partial charge >= 0.3 is 6.18 Å². The van der Waals surface area contributed by atoms with Gasteiger partial charge < -0.3 is 20.9 Å². The van der Waals surface area contributed by atoms with E-state index >= 15 is 0 Å². The lowest BCUT2D eigenvalue weighted by atomic mass is 9.85. The summed E-state index contributed by atoms with van der Waals surface area (Å²) in [5.41, 5.74) is -1.74. The van der Waals surface area contributed by atoms with Crippen LogP contribution >= 0.6 is 34.5 Å². The zero-order valence-corrected chi connectivity index (χ0v) is 22.3. The van der Waals surface area contributed by atoms with Gasteiger partial charge in [0.05, 0.1) is 39.3 Å². The molecule has 1 unspecified atom stereocenters. The van der Waals surface area contributed by atoms with Gasteiger partial charge in [0.25, 0.3) is 11.5 Å². The number of nitrogens with one attached hydrogen (secondary N) is 3. The molecule has 38 heavy (non-hydrogen) atoms. The molecule has 0 bridgehead atoms. The molecule has 1 aliphatic heterocycles. The summed E-state index contributed by atoms with van der Waals surface area (Å²) in [5, 5.41) is 15.0. The first-order valence-corrected chi connectivity index (χ1v) is 13.1. The Bertz CT molecular complexity index is 1320. The van der Waals surface area contributed by atoms with Gasteiger partial charge in [-0.3, -0.25) is 9.59 Å². The molecule has 0 spiro atoms. The first-order valence-electron chi connectivity index (χ1n) is 11.5. The smallest absolute Gasteiger partial charge is 0.374 e. The normalized spacial score (nSPS) is 18.9. The van der Waals surface area contributed by atoms with Gasteiger partial charge in [-0.05, 0) is 55.9 Å². The number of rotatable bonds is 7. The van der Waals surface area contributed by atoms with E-state index in [1.807, 2.05) is 0 Å². The topological polar surface area (TPSA) is 104 Å². The van der Waals surface area contributed by atoms with Crippen LogP contribution in [0.4, 0.5) is 17.6 Å². The molecule has 204 valence electrons. The van der Waals surface area contributed by atoms with Crippen molar-refractivity contribution in [3.8, 4) is 0 Å². The van der Waals surface area contributed by atoms with E-state index in [2.05, 4.69) is 15.8 Å². The molecule has 0 radical (unpaired) electrons. The van der Waals surface area contributed by atoms with Crippen molar-refractivity contribution >= 4 is 57.8 Å². The van der Waals surface area contributed by atoms with E-state index in [0.717, 1.165) is 41.9 Å². The number of amides is 2. The highest BCUT2D eigenvalue weighted by Crippen LogP contribution is 2.51. The quantitative estimate of drug-likeness (QED) is 0.223. The number of hydrogen-bond donors (Lipinski definition) is 3. The van der Waals surface area contributed by atoms with Crippen LogP contribution in [0.3, 0.4) is 0 Å². The van der Waals surface area contributed by atoms with Gasteiger partial charge in [0.1, 0.15) is 5.71 Å². The average Bonchev–Trinajstić information content (AvgIpc) is 3.47. The fraction of sp³-hybridized carbons (Fsp3) is 0.417. The molecule has 14 heteroatoms. The van der Waals surface area contributed by atoms with Gasteiger partial charge in [-0.15, -0.1) is 11.3 Å². The van der Waals surface area contributed by atoms with Crippen molar-refractivity contribution in [1.29, 1.82) is 5.41 Å². The van der Waals surface area contributed by atoms with Crippen molar-refractivity contribution in [2.24, 2.45) is 5.16 Å². The number of carbonyl (C=O) groups is 2. The van der Waals surface area contributed by atoms with Crippen molar-refractivity contribution in [3.63, 3.8) is 0 Å². The molecular formula is C24H22Cl2F4N4O3S. The van der Waals surface area contributed by atoms with E-state index in [-0.39, 0.29) is 24.5 Å². The molecule has 7 nitrogen and oxygen atoms in total. The predicted molar refractivity (Wildman–Crippen MR) is 136 cm³/mol. The van der Waals surface area contributed by atoms with Crippen molar-refractivity contribution in [2.75, 3.05) is 13.1 Å². The molecule has 1 aliphatic carbocycles. The van der Waals surface area contributed by atoms with Crippen LogP contribution in [0.1, 0.15) is 57.4 Å². The molecule has 2 amide bonds. The molecule has 1 atom stereocenters. The van der Waals surface area contributed by atoms with Crippen LogP contribution < -0.4 is 10.6 Å². The summed E-state index contributed by atoms with van der Waals surface area (Å²) >= 11 is 12.6. The molecule has 3 N–H and O–H groups in total. The zero-order valence-electron chi connectivity index (χ0n) is 20.0. The lowest BCUT2D eigenvalue weighted by molar-refractivity contribution is -0.275. The second-order valence-corrected chi connectivity index (χ2v) is 10.9. The van der Waals surface area contributed by atoms with Crippen LogP contribution in [0.5, 0.6) is 0 Å². The average molecular weight is 593 g/mol. The SMILES string of the molecule is CC(=N)CNC(=O)CNC(=O)c1sc(C2=NOC(c3cc(Cl)c(F)c(Cl)c3)(C(F)(F)F)C2)c2c1CCCC2. The van der Waals surface area contributed by atoms with Crippen molar-refractivity contribution in [1.82, 2.24) is 10.6 Å². The number of hydrogen-bond acceptors (Lipinski definition) is 6. The summed E-state index contributed by atoms with van der Waals surface area (Å²) in [6.45, 7) is 1.26. The minimum Gasteiger partial charge on any atom is -0.374 e. The van der Waals surface area contributed by atoms with Crippen LogP contribution in [0.15, 0.2) is 17.3 Å². The van der Waals surface area contributed by atoms with Crippen molar-refractivity contribution < 1.29 is 32.0 Å². The Kier molecular flexibility index (Phi) is 8.06. The number of alkyl halides is 3. The molecule has 0 saturated carbocycles. The summed E-state index contributed by atoms with van der Waals surface area (Å²) in [4.78, 5) is 30.7. The second-order valence-electron chi connectivity index (χ2n) is 9.05. The third kappa shape index (κ3) is 5.39. The molecular weight excluding hydrogens is 571 g/mol. The van der Waals surface area contributed by atoms with Gasteiger partial charge in [0.2, 0.25) is 5.91 Å². The summed E-state index contributed by atoms with van der Waals surface area (Å²) in [5.74, 6) is -2.05. The number of oxime groups is 1. The van der Waals surface area contributed by atoms with Crippen LogP contribution in [0.2, 0.25) is 10.0 Å². The second kappa shape index (κ2) is 10.8. The minimum absolute atomic E-state index is 0.000274. The molecule has 0 fully saturated rings. The Morgan fingerprint density at radius 3 is 2.37 bits per heavy atom. The fourth-order valence-corrected chi connectivity index (χ4v) is 6.18. The van der Waals surface area contributed by atoms with Crippen molar-refractivity contribution in [3.05, 3.63) is 54.4 Å². The largest absolute Gasteiger partial charge is 0.435 e. The highest BCUT2D eigenvalue weighted by Gasteiger charge is 2.63. The lowest BCUT2D eigenvalue weighted by Gasteiger charge is -2.29. The van der Waals surface area contributed by atoms with E-state index in [0.29, 0.717) is 28.2 Å². The number of halogens is 6. The number of carbonyl (C=O) groups excluding carboxylic acids is 2. The van der Waals surface area contributed by atoms with Crippen LogP contribution in [-0.4, -0.2) is 42.5 Å². The van der Waals surface area contributed by atoms with Gasteiger partial charge in [-0.25, -0.2) is 4.39 Å². The molecule has 1 aromatic heterocycles. The Morgan fingerprint density at radius 1 is 1.13 bits per heavy atom. The number of nitrogens with zero attached hydrogens (tertiary/aromatic N) is 1. The summed E-state index contributed by atoms with van der Waals surface area (Å²) in [6, 6.07) is 1.64. The maximum atomic E-state index is 14.4. The highest BCUT2D eigenvalue weighted by molar-refractivity contribution is 7.16. The monoisotopic (exact) mass is 592 g/mol. The van der Waals surface area contributed by atoms with Crippen molar-refractivity contribution in [2.45, 2.75) is 50.8 Å². The van der Waals surface area contributed by atoms with Gasteiger partial charge in [-0.2, -0.15) is 13.2 Å². The van der Waals surface area contributed by atoms with Gasteiger partial charge in [0, 0.05) is 11.3 Å². The predicted octanol–water partition coefficient (Wildman–Crippen LogP) is 5.54. The van der Waals surface area contributed by atoms with Crippen LogP contribution in [-0.2, 0) is 28.1 Å². The first-order chi connectivity index (χ1) is 17.8. The van der Waals surface area contributed by atoms with Crippen LogP contribution in [0.25, 0.3) is 0 Å². The van der Waals surface area contributed by atoms with E-state index in [1.54, 1.807) is 0 Å². The first kappa shape index (κ1) is 28.3. The third-order valence-electron chi connectivity index (χ3n) is 6.28. The van der Waals surface area contributed by atoms with Gasteiger partial charge in [-0.1, -0.05) is 28.4 Å². The summed E-state index contributed by atoms with van der Waals surface area (Å²) in [7, 11) is 0. The fourth-order valence-electron chi connectivity index (χ4n) is 4.40. The summed E-state index contributed by atoms with van der Waals surface area (Å²) < 4.78 is 57.2. The molecule has 2 aromatic rings. The molecule has 4 rings (SSSR count). The van der Waals surface area contributed by atoms with E-state index in [1.165, 1.54) is 6.92 Å². The van der Waals surface area contributed by atoms with Crippen LogP contribution in [0, 0.1) is 11.2 Å². The zero-order chi connectivity index (χ0) is 27.8. The maximum absolute atomic E-state index is 14.4. The minimum atomic E-state index is -4.96. The van der Waals surface area contributed by atoms with E-state index in [4.69, 9.17) is 33.4 Å². The Balaban J connectivity index is 1.63. The Hall–Kier alpha value is -2.70. The number of thiophene rings is 1. The Labute approximate surface area is 229 Å².